The average molecular weight is 433 g/mol. The van der Waals surface area contributed by atoms with Crippen molar-refractivity contribution in [3.05, 3.63) is 64.5 Å². The Morgan fingerprint density at radius 1 is 1.13 bits per heavy atom. The number of nitriles is 1. The van der Waals surface area contributed by atoms with Crippen LogP contribution in [0.4, 0.5) is 5.95 Å². The molecule has 4 atom stereocenters. The predicted octanol–water partition coefficient (Wildman–Crippen LogP) is 2.45. The van der Waals surface area contributed by atoms with E-state index in [1.807, 2.05) is 23.6 Å². The molecule has 4 heterocycles. The third kappa shape index (κ3) is 4.01. The number of fused-ring (bicyclic) bond motifs is 1. The van der Waals surface area contributed by atoms with Gasteiger partial charge in [-0.2, -0.15) is 5.26 Å². The molecule has 0 saturated carbocycles. The zero-order valence-electron chi connectivity index (χ0n) is 16.4. The third-order valence-electron chi connectivity index (χ3n) is 5.37. The second-order valence-electron chi connectivity index (χ2n) is 7.36. The molecule has 31 heavy (non-hydrogen) atoms. The van der Waals surface area contributed by atoms with Crippen molar-refractivity contribution in [2.24, 2.45) is 0 Å². The number of nitrogens with one attached hydrogen (secondary N) is 2. The van der Waals surface area contributed by atoms with E-state index in [9.17, 15) is 4.79 Å². The molecule has 0 radical (unpaired) electrons. The largest absolute Gasteiger partial charge is 0.371 e. The molecule has 156 valence electrons. The summed E-state index contributed by atoms with van der Waals surface area (Å²) in [5, 5.41) is 17.3. The van der Waals surface area contributed by atoms with Crippen molar-refractivity contribution in [2.75, 3.05) is 18.5 Å². The Balaban J connectivity index is 1.26. The van der Waals surface area contributed by atoms with Gasteiger partial charge in [0.2, 0.25) is 5.95 Å². The van der Waals surface area contributed by atoms with E-state index in [0.717, 1.165) is 11.3 Å². The first-order chi connectivity index (χ1) is 15.2. The van der Waals surface area contributed by atoms with Gasteiger partial charge in [-0.3, -0.25) is 4.79 Å². The Kier molecular flexibility index (Phi) is 5.34. The Hall–Kier alpha value is -3.32. The van der Waals surface area contributed by atoms with Crippen LogP contribution in [-0.2, 0) is 9.47 Å². The van der Waals surface area contributed by atoms with Crippen molar-refractivity contribution in [1.29, 1.82) is 5.26 Å². The van der Waals surface area contributed by atoms with Crippen molar-refractivity contribution in [2.45, 2.75) is 24.3 Å². The molecule has 5 rings (SSSR count). The Morgan fingerprint density at radius 3 is 2.77 bits per heavy atom. The molecule has 2 aliphatic rings. The molecule has 9 heteroatoms. The van der Waals surface area contributed by atoms with Gasteiger partial charge in [0.1, 0.15) is 12.2 Å². The number of aromatic nitrogens is 2. The number of benzene rings is 1. The van der Waals surface area contributed by atoms with E-state index in [2.05, 4.69) is 26.7 Å². The second kappa shape index (κ2) is 8.43. The minimum Gasteiger partial charge on any atom is -0.371 e. The Morgan fingerprint density at radius 2 is 1.97 bits per heavy atom. The van der Waals surface area contributed by atoms with E-state index >= 15 is 0 Å². The molecule has 2 N–H and O–H groups in total. The lowest BCUT2D eigenvalue weighted by atomic mass is 10.1. The summed E-state index contributed by atoms with van der Waals surface area (Å²) < 4.78 is 11.9. The summed E-state index contributed by atoms with van der Waals surface area (Å²) in [7, 11) is 0. The van der Waals surface area contributed by atoms with Crippen LogP contribution in [0.25, 0.3) is 11.3 Å². The molecule has 0 bridgehead atoms. The fraction of sp³-hybridized carbons (Fsp3) is 0.273. The normalized spacial score (nSPS) is 24.4. The second-order valence-corrected chi connectivity index (χ2v) is 8.31. The van der Waals surface area contributed by atoms with Crippen LogP contribution in [0.15, 0.2) is 54.0 Å². The monoisotopic (exact) mass is 433 g/mol. The first-order valence-corrected chi connectivity index (χ1v) is 10.8. The zero-order valence-corrected chi connectivity index (χ0v) is 17.2. The first-order valence-electron chi connectivity index (χ1n) is 9.89. The van der Waals surface area contributed by atoms with Crippen molar-refractivity contribution in [1.82, 2.24) is 15.3 Å². The summed E-state index contributed by atoms with van der Waals surface area (Å²) in [5.41, 5.74) is 2.14. The van der Waals surface area contributed by atoms with E-state index < -0.39 is 0 Å². The van der Waals surface area contributed by atoms with Gasteiger partial charge < -0.3 is 20.1 Å². The Bertz CT molecular complexity index is 1130. The van der Waals surface area contributed by atoms with Crippen LogP contribution in [0.3, 0.4) is 0 Å². The minimum absolute atomic E-state index is 0.111. The highest BCUT2D eigenvalue weighted by Crippen LogP contribution is 2.29. The van der Waals surface area contributed by atoms with Gasteiger partial charge in [0.25, 0.3) is 5.91 Å². The molecule has 2 fully saturated rings. The number of amides is 1. The SMILES string of the molecule is N#Cc1cccc(-c2ccnc(N[C@H]3CO[C@H]4[C@@H]3OC[C@@H]4NC(=O)c3cccs3)n2)c1. The summed E-state index contributed by atoms with van der Waals surface area (Å²) in [6, 6.07) is 14.5. The van der Waals surface area contributed by atoms with Crippen LogP contribution in [0, 0.1) is 11.3 Å². The summed E-state index contributed by atoms with van der Waals surface area (Å²) >= 11 is 1.40. The number of hydrogen-bond donors (Lipinski definition) is 2. The molecule has 0 spiro atoms. The summed E-state index contributed by atoms with van der Waals surface area (Å²) in [6.45, 7) is 0.824. The summed E-state index contributed by atoms with van der Waals surface area (Å²) in [6.07, 6.45) is 1.25. The highest BCUT2D eigenvalue weighted by molar-refractivity contribution is 7.12. The van der Waals surface area contributed by atoms with Crippen LogP contribution in [0.5, 0.6) is 0 Å². The molecule has 2 aromatic heterocycles. The van der Waals surface area contributed by atoms with Crippen LogP contribution < -0.4 is 10.6 Å². The smallest absolute Gasteiger partial charge is 0.261 e. The quantitative estimate of drug-likeness (QED) is 0.636. The number of carbonyl (C=O) groups excluding carboxylic acids is 1. The number of ether oxygens (including phenoxy) is 2. The fourth-order valence-electron chi connectivity index (χ4n) is 3.90. The van der Waals surface area contributed by atoms with Crippen molar-refractivity contribution in [3.63, 3.8) is 0 Å². The van der Waals surface area contributed by atoms with E-state index in [0.29, 0.717) is 29.6 Å². The lowest BCUT2D eigenvalue weighted by molar-refractivity contribution is 0.0652. The maximum Gasteiger partial charge on any atom is 0.261 e. The molecule has 1 amide bonds. The van der Waals surface area contributed by atoms with E-state index in [-0.39, 0.29) is 30.2 Å². The summed E-state index contributed by atoms with van der Waals surface area (Å²) in [4.78, 5) is 21.9. The highest BCUT2D eigenvalue weighted by Gasteiger charge is 2.48. The number of hydrogen-bond acceptors (Lipinski definition) is 8. The lowest BCUT2D eigenvalue weighted by Gasteiger charge is -2.18. The third-order valence-corrected chi connectivity index (χ3v) is 6.24. The maximum absolute atomic E-state index is 12.4. The predicted molar refractivity (Wildman–Crippen MR) is 115 cm³/mol. The number of anilines is 1. The van der Waals surface area contributed by atoms with E-state index in [1.54, 1.807) is 30.5 Å². The van der Waals surface area contributed by atoms with Crippen molar-refractivity contribution >= 4 is 23.2 Å². The Labute approximate surface area is 182 Å². The highest BCUT2D eigenvalue weighted by atomic mass is 32.1. The number of thiophene rings is 1. The van der Waals surface area contributed by atoms with Crippen LogP contribution >= 0.6 is 11.3 Å². The molecule has 0 unspecified atom stereocenters. The van der Waals surface area contributed by atoms with Gasteiger partial charge >= 0.3 is 0 Å². The molecule has 8 nitrogen and oxygen atoms in total. The summed E-state index contributed by atoms with van der Waals surface area (Å²) in [5.74, 6) is 0.351. The molecule has 2 saturated heterocycles. The van der Waals surface area contributed by atoms with Gasteiger partial charge in [-0.1, -0.05) is 18.2 Å². The van der Waals surface area contributed by atoms with Gasteiger partial charge in [-0.25, -0.2) is 9.97 Å². The van der Waals surface area contributed by atoms with Gasteiger partial charge in [0, 0.05) is 11.8 Å². The molecular formula is C22H19N5O3S. The van der Waals surface area contributed by atoms with Crippen LogP contribution in [0.1, 0.15) is 15.2 Å². The topological polar surface area (TPSA) is 109 Å². The average Bonchev–Trinajstić information content (AvgIpc) is 3.55. The van der Waals surface area contributed by atoms with Crippen molar-refractivity contribution < 1.29 is 14.3 Å². The van der Waals surface area contributed by atoms with E-state index in [1.165, 1.54) is 11.3 Å². The molecule has 3 aromatic rings. The number of nitrogens with zero attached hydrogens (tertiary/aromatic N) is 3. The minimum atomic E-state index is -0.225. The van der Waals surface area contributed by atoms with Gasteiger partial charge in [-0.05, 0) is 29.6 Å². The molecule has 1 aromatic carbocycles. The maximum atomic E-state index is 12.4. The van der Waals surface area contributed by atoms with Gasteiger partial charge in [0.15, 0.2) is 0 Å². The fourth-order valence-corrected chi connectivity index (χ4v) is 4.52. The van der Waals surface area contributed by atoms with Gasteiger partial charge in [-0.15, -0.1) is 11.3 Å². The molecule has 2 aliphatic heterocycles. The number of carbonyl (C=O) groups is 1. The van der Waals surface area contributed by atoms with Crippen molar-refractivity contribution in [3.8, 4) is 17.3 Å². The molecular weight excluding hydrogens is 414 g/mol. The van der Waals surface area contributed by atoms with E-state index in [4.69, 9.17) is 14.7 Å². The number of rotatable bonds is 5. The molecule has 0 aliphatic carbocycles. The van der Waals surface area contributed by atoms with Crippen LogP contribution in [-0.4, -0.2) is 53.4 Å². The standard InChI is InChI=1S/C22H19N5O3S/c23-10-13-3-1-4-14(9-13)15-6-7-24-22(26-15)27-17-12-30-19-16(11-29-20(17)19)25-21(28)18-5-2-8-31-18/h1-9,16-17,19-20H,11-12H2,(H,25,28)(H,24,26,27)/t16-,17-,19+,20+/m0/s1. The first kappa shape index (κ1) is 19.6. The van der Waals surface area contributed by atoms with Crippen LogP contribution in [0.2, 0.25) is 0 Å². The zero-order chi connectivity index (χ0) is 21.2. The van der Waals surface area contributed by atoms with Gasteiger partial charge in [0.05, 0.1) is 47.5 Å². The lowest BCUT2D eigenvalue weighted by Crippen LogP contribution is -2.44.